The van der Waals surface area contributed by atoms with Crippen LogP contribution in [0.15, 0.2) is 24.3 Å². The summed E-state index contributed by atoms with van der Waals surface area (Å²) < 4.78 is 23.8. The van der Waals surface area contributed by atoms with E-state index in [0.717, 1.165) is 31.2 Å². The maximum absolute atomic E-state index is 12.7. The van der Waals surface area contributed by atoms with E-state index >= 15 is 0 Å². The van der Waals surface area contributed by atoms with Crippen LogP contribution in [0.25, 0.3) is 0 Å². The molecule has 0 aliphatic rings. The van der Waals surface area contributed by atoms with Crippen LogP contribution in [0.5, 0.6) is 0 Å². The number of amides is 1. The number of nitrogens with one attached hydrogen (secondary N) is 3. The molecular weight excluding hydrogens is 382 g/mol. The zero-order valence-electron chi connectivity index (χ0n) is 16.5. The van der Waals surface area contributed by atoms with Crippen molar-refractivity contribution in [1.82, 2.24) is 15.4 Å². The fraction of sp³-hybridized carbons (Fsp3) is 0.579. The molecule has 27 heavy (non-hydrogen) atoms. The van der Waals surface area contributed by atoms with Crippen LogP contribution in [-0.4, -0.2) is 32.7 Å². The lowest BCUT2D eigenvalue weighted by atomic mass is 9.86. The fourth-order valence-corrected chi connectivity index (χ4v) is 3.89. The Hall–Kier alpha value is -1.35. The van der Waals surface area contributed by atoms with Gasteiger partial charge in [-0.1, -0.05) is 68.2 Å². The number of hydrogen-bond donors (Lipinski definition) is 4. The van der Waals surface area contributed by atoms with Gasteiger partial charge in [-0.25, -0.2) is 4.21 Å². The lowest BCUT2D eigenvalue weighted by Gasteiger charge is -2.34. The highest BCUT2D eigenvalue weighted by Gasteiger charge is 2.40. The first-order valence-electron chi connectivity index (χ1n) is 9.22. The molecule has 0 bridgehead atoms. The number of aryl methyl sites for hydroxylation is 1. The number of rotatable bonds is 11. The Morgan fingerprint density at radius 3 is 2.44 bits per heavy atom. The first-order chi connectivity index (χ1) is 12.7. The number of benzene rings is 1. The molecule has 0 aliphatic carbocycles. The quantitative estimate of drug-likeness (QED) is 0.254. The van der Waals surface area contributed by atoms with Gasteiger partial charge < -0.3 is 10.6 Å². The molecule has 152 valence electrons. The van der Waals surface area contributed by atoms with Crippen molar-refractivity contribution in [2.24, 2.45) is 0 Å². The van der Waals surface area contributed by atoms with Crippen LogP contribution in [0.1, 0.15) is 57.1 Å². The summed E-state index contributed by atoms with van der Waals surface area (Å²) in [5, 5.41) is 5.85. The zero-order chi connectivity index (χ0) is 20.4. The smallest absolute Gasteiger partial charge is 0.232 e. The van der Waals surface area contributed by atoms with Gasteiger partial charge in [-0.2, -0.15) is 4.72 Å². The Morgan fingerprint density at radius 1 is 1.30 bits per heavy atom. The van der Waals surface area contributed by atoms with Crippen molar-refractivity contribution in [1.29, 1.82) is 0 Å². The molecule has 0 aliphatic heterocycles. The molecule has 6 nitrogen and oxygen atoms in total. The SMILES string of the molecule is CCCCCC(C)NC(=O)CC(NS(=O)O)(C(=S)NC)c1ccc(C)cc1. The summed E-state index contributed by atoms with van der Waals surface area (Å²) in [6.07, 6.45) is 4.12. The first kappa shape index (κ1) is 23.7. The van der Waals surface area contributed by atoms with Gasteiger partial charge in [0.1, 0.15) is 10.5 Å². The number of carbonyl (C=O) groups is 1. The minimum Gasteiger partial charge on any atom is -0.381 e. The van der Waals surface area contributed by atoms with E-state index in [-0.39, 0.29) is 23.4 Å². The van der Waals surface area contributed by atoms with Crippen molar-refractivity contribution in [2.45, 2.75) is 64.5 Å². The Balaban J connectivity index is 3.09. The molecule has 3 unspecified atom stereocenters. The van der Waals surface area contributed by atoms with Crippen LogP contribution in [0.2, 0.25) is 0 Å². The maximum atomic E-state index is 12.7. The third kappa shape index (κ3) is 7.29. The normalized spacial score (nSPS) is 15.4. The Labute approximate surface area is 170 Å². The van der Waals surface area contributed by atoms with Gasteiger partial charge in [-0.15, -0.1) is 0 Å². The molecule has 0 heterocycles. The molecular formula is C19H31N3O3S2. The molecule has 4 N–H and O–H groups in total. The van der Waals surface area contributed by atoms with Crippen LogP contribution in [0.3, 0.4) is 0 Å². The first-order valence-corrected chi connectivity index (χ1v) is 10.7. The predicted molar refractivity (Wildman–Crippen MR) is 115 cm³/mol. The zero-order valence-corrected chi connectivity index (χ0v) is 18.1. The second-order valence-corrected chi connectivity index (χ2v) is 7.95. The molecule has 0 spiro atoms. The summed E-state index contributed by atoms with van der Waals surface area (Å²) in [5.74, 6) is -0.227. The number of likely N-dealkylation sites (N-methyl/N-ethyl adjacent to an activating group) is 1. The largest absolute Gasteiger partial charge is 0.381 e. The third-order valence-electron chi connectivity index (χ3n) is 4.49. The highest BCUT2D eigenvalue weighted by atomic mass is 32.2. The highest BCUT2D eigenvalue weighted by Crippen LogP contribution is 2.28. The maximum Gasteiger partial charge on any atom is 0.232 e. The summed E-state index contributed by atoms with van der Waals surface area (Å²) in [5.41, 5.74) is 0.427. The van der Waals surface area contributed by atoms with Gasteiger partial charge >= 0.3 is 0 Å². The van der Waals surface area contributed by atoms with Crippen LogP contribution in [0.4, 0.5) is 0 Å². The van der Waals surface area contributed by atoms with E-state index in [1.807, 2.05) is 38.1 Å². The van der Waals surface area contributed by atoms with Gasteiger partial charge in [0, 0.05) is 13.1 Å². The van der Waals surface area contributed by atoms with Crippen molar-refractivity contribution in [3.8, 4) is 0 Å². The lowest BCUT2D eigenvalue weighted by molar-refractivity contribution is -0.122. The summed E-state index contributed by atoms with van der Waals surface area (Å²) in [7, 11) is 1.64. The second kappa shape index (κ2) is 11.5. The van der Waals surface area contributed by atoms with Gasteiger partial charge in [-0.05, 0) is 25.8 Å². The van der Waals surface area contributed by atoms with Crippen molar-refractivity contribution in [2.75, 3.05) is 7.05 Å². The van der Waals surface area contributed by atoms with Crippen molar-refractivity contribution in [3.63, 3.8) is 0 Å². The third-order valence-corrected chi connectivity index (χ3v) is 5.57. The van der Waals surface area contributed by atoms with E-state index in [0.29, 0.717) is 5.56 Å². The molecule has 1 aromatic carbocycles. The summed E-state index contributed by atoms with van der Waals surface area (Å²) >= 11 is 3.09. The monoisotopic (exact) mass is 413 g/mol. The summed E-state index contributed by atoms with van der Waals surface area (Å²) in [4.78, 5) is 13.0. The second-order valence-electron chi connectivity index (χ2n) is 6.84. The Morgan fingerprint density at radius 2 is 1.93 bits per heavy atom. The van der Waals surface area contributed by atoms with Crippen LogP contribution < -0.4 is 15.4 Å². The van der Waals surface area contributed by atoms with Crippen molar-refractivity contribution >= 4 is 34.4 Å². The van der Waals surface area contributed by atoms with Crippen molar-refractivity contribution < 1.29 is 13.6 Å². The molecule has 0 radical (unpaired) electrons. The summed E-state index contributed by atoms with van der Waals surface area (Å²) in [6.45, 7) is 6.05. The molecule has 1 rings (SSSR count). The number of carbonyl (C=O) groups excluding carboxylic acids is 1. The average Bonchev–Trinajstić information content (AvgIpc) is 2.60. The Bertz CT molecular complexity index is 652. The average molecular weight is 414 g/mol. The fourth-order valence-electron chi connectivity index (χ4n) is 2.99. The Kier molecular flexibility index (Phi) is 10.1. The van der Waals surface area contributed by atoms with Gasteiger partial charge in [0.2, 0.25) is 17.2 Å². The molecule has 0 saturated carbocycles. The number of unbranched alkanes of at least 4 members (excludes halogenated alkanes) is 2. The van der Waals surface area contributed by atoms with E-state index in [9.17, 15) is 13.6 Å². The van der Waals surface area contributed by atoms with Gasteiger partial charge in [0.15, 0.2) is 0 Å². The van der Waals surface area contributed by atoms with E-state index in [4.69, 9.17) is 12.2 Å². The lowest BCUT2D eigenvalue weighted by Crippen LogP contribution is -2.56. The molecule has 0 aromatic heterocycles. The van der Waals surface area contributed by atoms with E-state index in [1.54, 1.807) is 7.05 Å². The number of thiocarbonyl (C=S) groups is 1. The van der Waals surface area contributed by atoms with E-state index in [2.05, 4.69) is 22.3 Å². The van der Waals surface area contributed by atoms with Crippen LogP contribution >= 0.6 is 12.2 Å². The predicted octanol–water partition coefficient (Wildman–Crippen LogP) is 2.94. The molecule has 0 saturated heterocycles. The minimum absolute atomic E-state index is 0.0301. The molecule has 3 atom stereocenters. The van der Waals surface area contributed by atoms with Crippen LogP contribution in [-0.2, 0) is 21.6 Å². The molecule has 1 amide bonds. The van der Waals surface area contributed by atoms with E-state index in [1.165, 1.54) is 0 Å². The summed E-state index contributed by atoms with van der Waals surface area (Å²) in [6, 6.07) is 7.43. The number of hydrogen-bond acceptors (Lipinski definition) is 3. The molecule has 1 aromatic rings. The van der Waals surface area contributed by atoms with Gasteiger partial charge in [-0.3, -0.25) is 9.35 Å². The topological polar surface area (TPSA) is 90.5 Å². The van der Waals surface area contributed by atoms with Crippen LogP contribution in [0, 0.1) is 6.92 Å². The van der Waals surface area contributed by atoms with Gasteiger partial charge in [0.25, 0.3) is 0 Å². The standard InChI is InChI=1S/C19H31N3O3S2/c1-5-6-7-8-15(3)21-17(23)13-19(18(26)20-4,22-27(24)25)16-11-9-14(2)10-12-16/h9-12,15,22H,5-8,13H2,1-4H3,(H,20,26)(H,21,23)(H,24,25). The van der Waals surface area contributed by atoms with Crippen molar-refractivity contribution in [3.05, 3.63) is 35.4 Å². The highest BCUT2D eigenvalue weighted by molar-refractivity contribution is 7.80. The molecule has 0 fully saturated rings. The van der Waals surface area contributed by atoms with Gasteiger partial charge in [0.05, 0.1) is 6.42 Å². The minimum atomic E-state index is -2.36. The molecule has 8 heteroatoms. The van der Waals surface area contributed by atoms with E-state index < -0.39 is 16.8 Å².